The van der Waals surface area contributed by atoms with Crippen LogP contribution < -0.4 is 0 Å². The van der Waals surface area contributed by atoms with Crippen LogP contribution in [0.3, 0.4) is 0 Å². The third-order valence-corrected chi connectivity index (χ3v) is 4.17. The lowest BCUT2D eigenvalue weighted by molar-refractivity contribution is -0.136. The third-order valence-electron chi connectivity index (χ3n) is 4.17. The molecule has 0 bridgehead atoms. The molecule has 0 aliphatic carbocycles. The number of hydrogen-bond donors (Lipinski definition) is 1. The van der Waals surface area contributed by atoms with Crippen molar-refractivity contribution in [3.05, 3.63) is 35.1 Å². The maximum Gasteiger partial charge on any atom is 0.224 e. The normalized spacial score (nSPS) is 21.7. The average molecular weight is 319 g/mol. The fourth-order valence-electron chi connectivity index (χ4n) is 2.93. The zero-order valence-corrected chi connectivity index (χ0v) is 13.5. The zero-order chi connectivity index (χ0) is 17.0. The van der Waals surface area contributed by atoms with Crippen LogP contribution in [-0.2, 0) is 11.3 Å². The van der Waals surface area contributed by atoms with E-state index >= 15 is 0 Å². The number of carbonyl (C=O) groups excluding carboxylic acids is 1. The summed E-state index contributed by atoms with van der Waals surface area (Å²) in [5.74, 6) is -0.626. The van der Waals surface area contributed by atoms with Gasteiger partial charge in [0.25, 0.3) is 0 Å². The van der Waals surface area contributed by atoms with E-state index in [9.17, 15) is 14.3 Å². The summed E-state index contributed by atoms with van der Waals surface area (Å²) < 4.78 is 13.7. The van der Waals surface area contributed by atoms with Crippen molar-refractivity contribution in [3.8, 4) is 6.07 Å². The van der Waals surface area contributed by atoms with Crippen LogP contribution in [0.2, 0.25) is 0 Å². The second-order valence-corrected chi connectivity index (χ2v) is 6.43. The maximum atomic E-state index is 13.7. The summed E-state index contributed by atoms with van der Waals surface area (Å²) in [4.78, 5) is 15.4. The zero-order valence-electron chi connectivity index (χ0n) is 13.5. The van der Waals surface area contributed by atoms with Crippen molar-refractivity contribution in [1.29, 1.82) is 5.26 Å². The lowest BCUT2D eigenvalue weighted by Crippen LogP contribution is -2.50. The number of nitriles is 1. The number of carbonyl (C=O) groups is 1. The monoisotopic (exact) mass is 319 g/mol. The van der Waals surface area contributed by atoms with Gasteiger partial charge in [-0.15, -0.1) is 0 Å². The van der Waals surface area contributed by atoms with Crippen molar-refractivity contribution in [3.63, 3.8) is 0 Å². The first-order chi connectivity index (χ1) is 10.8. The van der Waals surface area contributed by atoms with Crippen LogP contribution in [0.15, 0.2) is 18.2 Å². The van der Waals surface area contributed by atoms with Gasteiger partial charge < -0.3 is 10.0 Å². The maximum absolute atomic E-state index is 13.7. The molecular weight excluding hydrogens is 297 g/mol. The van der Waals surface area contributed by atoms with Crippen LogP contribution in [0.1, 0.15) is 30.4 Å². The highest BCUT2D eigenvalue weighted by molar-refractivity contribution is 5.76. The van der Waals surface area contributed by atoms with Gasteiger partial charge in [0.15, 0.2) is 0 Å². The smallest absolute Gasteiger partial charge is 0.224 e. The second kappa shape index (κ2) is 7.07. The second-order valence-electron chi connectivity index (χ2n) is 6.43. The van der Waals surface area contributed by atoms with E-state index in [1.54, 1.807) is 26.2 Å². The van der Waals surface area contributed by atoms with E-state index in [1.165, 1.54) is 17.0 Å². The van der Waals surface area contributed by atoms with Crippen LogP contribution in [0.4, 0.5) is 4.39 Å². The van der Waals surface area contributed by atoms with Crippen molar-refractivity contribution in [2.24, 2.45) is 0 Å². The lowest BCUT2D eigenvalue weighted by Gasteiger charge is -2.39. The Morgan fingerprint density at radius 3 is 2.87 bits per heavy atom. The predicted molar refractivity (Wildman–Crippen MR) is 83.9 cm³/mol. The number of β-amino-alcohol motifs (C(OH)–C–C–N with tert-alkyl or cyclic N) is 1. The van der Waals surface area contributed by atoms with Crippen molar-refractivity contribution in [2.75, 3.05) is 27.2 Å². The van der Waals surface area contributed by atoms with E-state index in [1.807, 2.05) is 4.90 Å². The number of amides is 1. The highest BCUT2D eigenvalue weighted by atomic mass is 19.1. The summed E-state index contributed by atoms with van der Waals surface area (Å²) in [7, 11) is 3.34. The Hall–Kier alpha value is -1.97. The molecule has 1 unspecified atom stereocenters. The van der Waals surface area contributed by atoms with Gasteiger partial charge in [0.05, 0.1) is 17.6 Å². The largest absolute Gasteiger partial charge is 0.388 e. The number of hydrogen-bond acceptors (Lipinski definition) is 4. The van der Waals surface area contributed by atoms with Gasteiger partial charge in [-0.3, -0.25) is 9.69 Å². The minimum atomic E-state index is -1.04. The fraction of sp³-hybridized carbons (Fsp3) is 0.529. The molecule has 1 aromatic rings. The first-order valence-corrected chi connectivity index (χ1v) is 7.66. The molecule has 0 aromatic heterocycles. The summed E-state index contributed by atoms with van der Waals surface area (Å²) in [6, 6.07) is 6.35. The molecule has 1 aliphatic heterocycles. The van der Waals surface area contributed by atoms with Crippen molar-refractivity contribution in [2.45, 2.75) is 31.4 Å². The first kappa shape index (κ1) is 17.4. The van der Waals surface area contributed by atoms with Gasteiger partial charge in [-0.2, -0.15) is 5.26 Å². The molecule has 0 radical (unpaired) electrons. The Kier molecular flexibility index (Phi) is 5.34. The predicted octanol–water partition coefficient (Wildman–Crippen LogP) is 1.50. The van der Waals surface area contributed by atoms with E-state index in [-0.39, 0.29) is 17.9 Å². The molecule has 5 nitrogen and oxygen atoms in total. The minimum absolute atomic E-state index is 0.0282. The highest BCUT2D eigenvalue weighted by Crippen LogP contribution is 2.26. The first-order valence-electron chi connectivity index (χ1n) is 7.66. The SMILES string of the molecule is CN(C)C(=O)CC1(O)CCCN(Cc2ccc(C#N)c(F)c2)C1. The molecule has 0 saturated carbocycles. The molecule has 1 atom stereocenters. The van der Waals surface area contributed by atoms with Crippen LogP contribution in [0.25, 0.3) is 0 Å². The molecule has 2 rings (SSSR count). The van der Waals surface area contributed by atoms with E-state index in [0.29, 0.717) is 19.5 Å². The summed E-state index contributed by atoms with van der Waals surface area (Å²) in [5, 5.41) is 19.4. The Balaban J connectivity index is 2.02. The van der Waals surface area contributed by atoms with E-state index in [2.05, 4.69) is 0 Å². The number of halogens is 1. The van der Waals surface area contributed by atoms with Crippen LogP contribution in [-0.4, -0.2) is 53.6 Å². The Morgan fingerprint density at radius 2 is 2.26 bits per heavy atom. The van der Waals surface area contributed by atoms with Gasteiger partial charge in [-0.1, -0.05) is 6.07 Å². The number of rotatable bonds is 4. The van der Waals surface area contributed by atoms with Gasteiger partial charge in [-0.05, 0) is 37.1 Å². The number of piperidine rings is 1. The summed E-state index contributed by atoms with van der Waals surface area (Å²) >= 11 is 0. The summed E-state index contributed by atoms with van der Waals surface area (Å²) in [6.07, 6.45) is 1.47. The van der Waals surface area contributed by atoms with Gasteiger partial charge in [0.1, 0.15) is 11.9 Å². The number of likely N-dealkylation sites (tertiary alicyclic amines) is 1. The topological polar surface area (TPSA) is 67.6 Å². The third kappa shape index (κ3) is 4.50. The molecular formula is C17H22FN3O2. The molecule has 124 valence electrons. The van der Waals surface area contributed by atoms with Crippen molar-refractivity contribution < 1.29 is 14.3 Å². The van der Waals surface area contributed by atoms with Gasteiger partial charge in [0, 0.05) is 27.2 Å². The molecule has 1 aliphatic rings. The molecule has 1 fully saturated rings. The summed E-state index contributed by atoms with van der Waals surface area (Å²) in [5.41, 5.74) is -0.254. The summed E-state index contributed by atoms with van der Waals surface area (Å²) in [6.45, 7) is 1.66. The standard InChI is InChI=1S/C17H22FN3O2/c1-20(2)16(22)9-17(23)6-3-7-21(12-17)11-13-4-5-14(10-19)15(18)8-13/h4-5,8,23H,3,6-7,9,11-12H2,1-2H3. The van der Waals surface area contributed by atoms with Gasteiger partial charge in [0.2, 0.25) is 5.91 Å². The Labute approximate surface area is 135 Å². The quantitative estimate of drug-likeness (QED) is 0.913. The number of aliphatic hydroxyl groups is 1. The molecule has 6 heteroatoms. The minimum Gasteiger partial charge on any atom is -0.388 e. The average Bonchev–Trinajstić information content (AvgIpc) is 2.47. The Morgan fingerprint density at radius 1 is 1.52 bits per heavy atom. The van der Waals surface area contributed by atoms with E-state index in [4.69, 9.17) is 5.26 Å². The van der Waals surface area contributed by atoms with Gasteiger partial charge in [-0.25, -0.2) is 4.39 Å². The van der Waals surface area contributed by atoms with Crippen LogP contribution in [0.5, 0.6) is 0 Å². The molecule has 1 saturated heterocycles. The highest BCUT2D eigenvalue weighted by Gasteiger charge is 2.35. The molecule has 1 amide bonds. The number of benzene rings is 1. The molecule has 23 heavy (non-hydrogen) atoms. The van der Waals surface area contributed by atoms with Crippen molar-refractivity contribution in [1.82, 2.24) is 9.80 Å². The van der Waals surface area contributed by atoms with E-state index < -0.39 is 11.4 Å². The molecule has 1 aromatic carbocycles. The van der Waals surface area contributed by atoms with Crippen molar-refractivity contribution >= 4 is 5.91 Å². The Bertz CT molecular complexity index is 627. The van der Waals surface area contributed by atoms with E-state index in [0.717, 1.165) is 18.5 Å². The fourth-order valence-corrected chi connectivity index (χ4v) is 2.93. The van der Waals surface area contributed by atoms with Gasteiger partial charge >= 0.3 is 0 Å². The lowest BCUT2D eigenvalue weighted by atomic mass is 9.89. The van der Waals surface area contributed by atoms with Crippen LogP contribution in [0, 0.1) is 17.1 Å². The molecule has 1 N–H and O–H groups in total. The molecule has 1 heterocycles. The van der Waals surface area contributed by atoms with Crippen LogP contribution >= 0.6 is 0 Å². The molecule has 0 spiro atoms. The number of nitrogens with zero attached hydrogens (tertiary/aromatic N) is 3.